The van der Waals surface area contributed by atoms with Gasteiger partial charge in [0.1, 0.15) is 0 Å². The van der Waals surface area contributed by atoms with Crippen LogP contribution in [0.4, 0.5) is 11.4 Å². The Balaban J connectivity index is 1.10. The van der Waals surface area contributed by atoms with Crippen LogP contribution < -0.4 is 4.90 Å². The van der Waals surface area contributed by atoms with Gasteiger partial charge in [0.05, 0.1) is 17.1 Å². The Morgan fingerprint density at radius 2 is 1.39 bits per heavy atom. The van der Waals surface area contributed by atoms with Crippen LogP contribution >= 0.6 is 0 Å². The van der Waals surface area contributed by atoms with Crippen LogP contribution in [0.2, 0.25) is 0 Å². The van der Waals surface area contributed by atoms with Crippen LogP contribution in [0.25, 0.3) is 49.5 Å². The van der Waals surface area contributed by atoms with Crippen molar-refractivity contribution in [1.29, 1.82) is 0 Å². The van der Waals surface area contributed by atoms with Gasteiger partial charge in [-0.25, -0.2) is 0 Å². The maximum Gasteiger partial charge on any atom is 0.0629 e. The second-order valence-electron chi connectivity index (χ2n) is 11.1. The van der Waals surface area contributed by atoms with Gasteiger partial charge in [-0.15, -0.1) is 0 Å². The molecule has 2 atom stereocenters. The quantitative estimate of drug-likeness (QED) is 0.244. The number of aromatic amines is 1. The number of rotatable bonds is 3. The average Bonchev–Trinajstić information content (AvgIpc) is 3.73. The van der Waals surface area contributed by atoms with E-state index in [1.54, 1.807) is 0 Å². The average molecular weight is 526 g/mol. The molecule has 0 radical (unpaired) electrons. The Morgan fingerprint density at radius 1 is 0.585 bits per heavy atom. The summed E-state index contributed by atoms with van der Waals surface area (Å²) in [5.41, 5.74) is 11.1. The molecule has 0 saturated heterocycles. The summed E-state index contributed by atoms with van der Waals surface area (Å²) in [6.07, 6.45) is 11.2. The Morgan fingerprint density at radius 3 is 2.29 bits per heavy atom. The van der Waals surface area contributed by atoms with E-state index in [2.05, 4.69) is 160 Å². The van der Waals surface area contributed by atoms with Crippen LogP contribution in [0.1, 0.15) is 11.5 Å². The summed E-state index contributed by atoms with van der Waals surface area (Å²) in [5.74, 6) is 0.399. The zero-order valence-corrected chi connectivity index (χ0v) is 22.4. The van der Waals surface area contributed by atoms with Crippen LogP contribution in [0.5, 0.6) is 0 Å². The van der Waals surface area contributed by atoms with Gasteiger partial charge in [-0.05, 0) is 71.3 Å². The fraction of sp³-hybridized carbons (Fsp3) is 0.0526. The van der Waals surface area contributed by atoms with Gasteiger partial charge in [0, 0.05) is 50.9 Å². The minimum atomic E-state index is 0.319. The molecule has 0 bridgehead atoms. The number of hydrogen-bond acceptors (Lipinski definition) is 1. The van der Waals surface area contributed by atoms with Crippen LogP contribution in [0.3, 0.4) is 0 Å². The Hall–Kier alpha value is -5.28. The molecule has 0 amide bonds. The standard InChI is InChI=1S/C38H27N3/c1-2-8-27(9-3-1)40-23-22-32-35(40)21-19-31-33-24-26(16-20-34(33)39-38(31)32)25-14-17-28(18-15-25)41-36-12-6-4-10-29(36)30-11-5-7-13-37(30)41/h1-24,29,36,39H. The molecule has 1 N–H and O–H groups in total. The molecule has 3 heterocycles. The van der Waals surface area contributed by atoms with E-state index in [1.165, 1.54) is 60.9 Å². The maximum absolute atomic E-state index is 3.71. The van der Waals surface area contributed by atoms with Crippen molar-refractivity contribution in [2.24, 2.45) is 0 Å². The highest BCUT2D eigenvalue weighted by molar-refractivity contribution is 6.17. The molecule has 3 heteroatoms. The Bertz CT molecular complexity index is 2160. The number of allylic oxidation sites excluding steroid dienone is 2. The van der Waals surface area contributed by atoms with Crippen molar-refractivity contribution in [2.45, 2.75) is 12.0 Å². The zero-order valence-electron chi connectivity index (χ0n) is 22.4. The highest BCUT2D eigenvalue weighted by Crippen LogP contribution is 2.47. The summed E-state index contributed by atoms with van der Waals surface area (Å²) in [7, 11) is 0. The predicted molar refractivity (Wildman–Crippen MR) is 171 cm³/mol. The van der Waals surface area contributed by atoms with E-state index in [1.807, 2.05) is 0 Å². The lowest BCUT2D eigenvalue weighted by Gasteiger charge is -2.28. The summed E-state index contributed by atoms with van der Waals surface area (Å²) in [5, 5.41) is 3.75. The third-order valence-corrected chi connectivity index (χ3v) is 8.91. The lowest BCUT2D eigenvalue weighted by Crippen LogP contribution is -2.28. The molecule has 3 nitrogen and oxygen atoms in total. The molecule has 0 fully saturated rings. The number of H-pyrrole nitrogens is 1. The van der Waals surface area contributed by atoms with Gasteiger partial charge < -0.3 is 14.5 Å². The predicted octanol–water partition coefficient (Wildman–Crippen LogP) is 9.66. The number of para-hydroxylation sites is 2. The van der Waals surface area contributed by atoms with Gasteiger partial charge in [0.2, 0.25) is 0 Å². The van der Waals surface area contributed by atoms with Gasteiger partial charge in [-0.2, -0.15) is 0 Å². The molecule has 1 aliphatic heterocycles. The van der Waals surface area contributed by atoms with Crippen molar-refractivity contribution in [3.05, 3.63) is 151 Å². The first kappa shape index (κ1) is 22.5. The van der Waals surface area contributed by atoms with Crippen LogP contribution in [0.15, 0.2) is 146 Å². The van der Waals surface area contributed by atoms with Gasteiger partial charge >= 0.3 is 0 Å². The molecule has 194 valence electrons. The molecule has 41 heavy (non-hydrogen) atoms. The summed E-state index contributed by atoms with van der Waals surface area (Å²) in [4.78, 5) is 6.20. The normalized spacial score (nSPS) is 17.5. The first-order chi connectivity index (χ1) is 20.3. The molecule has 2 aromatic heterocycles. The van der Waals surface area contributed by atoms with E-state index in [0.29, 0.717) is 12.0 Å². The SMILES string of the molecule is C1=CC2c3ccccc3N(c3ccc(-c4ccc5[nH]c6c(ccc7c6ccn7-c6ccccc6)c5c4)cc3)C2C=C1. The number of anilines is 2. The largest absolute Gasteiger partial charge is 0.354 e. The monoisotopic (exact) mass is 525 g/mol. The summed E-state index contributed by atoms with van der Waals surface area (Å²) in [6, 6.07) is 42.3. The first-order valence-electron chi connectivity index (χ1n) is 14.3. The summed E-state index contributed by atoms with van der Waals surface area (Å²) < 4.78 is 2.26. The second-order valence-corrected chi connectivity index (χ2v) is 11.1. The maximum atomic E-state index is 3.71. The van der Waals surface area contributed by atoms with E-state index >= 15 is 0 Å². The molecule has 9 rings (SSSR count). The number of fused-ring (bicyclic) bond motifs is 8. The lowest BCUT2D eigenvalue weighted by atomic mass is 9.91. The van der Waals surface area contributed by atoms with Gasteiger partial charge in [-0.1, -0.05) is 85.0 Å². The van der Waals surface area contributed by atoms with E-state index in [4.69, 9.17) is 0 Å². The van der Waals surface area contributed by atoms with E-state index in [0.717, 1.165) is 5.52 Å². The van der Waals surface area contributed by atoms with Crippen molar-refractivity contribution < 1.29 is 0 Å². The van der Waals surface area contributed by atoms with Gasteiger partial charge in [-0.3, -0.25) is 0 Å². The molecule has 1 aliphatic carbocycles. The lowest BCUT2D eigenvalue weighted by molar-refractivity contribution is 0.745. The highest BCUT2D eigenvalue weighted by atomic mass is 15.2. The van der Waals surface area contributed by atoms with Crippen LogP contribution in [-0.4, -0.2) is 15.6 Å². The molecule has 5 aromatic carbocycles. The Labute approximate surface area is 238 Å². The van der Waals surface area contributed by atoms with E-state index in [9.17, 15) is 0 Å². The minimum Gasteiger partial charge on any atom is -0.354 e. The summed E-state index contributed by atoms with van der Waals surface area (Å²) >= 11 is 0. The van der Waals surface area contributed by atoms with E-state index < -0.39 is 0 Å². The molecule has 0 saturated carbocycles. The third-order valence-electron chi connectivity index (χ3n) is 8.91. The van der Waals surface area contributed by atoms with Crippen LogP contribution in [-0.2, 0) is 0 Å². The number of nitrogens with zero attached hydrogens (tertiary/aromatic N) is 2. The second kappa shape index (κ2) is 8.61. The number of benzene rings is 5. The molecule has 0 spiro atoms. The smallest absolute Gasteiger partial charge is 0.0629 e. The first-order valence-corrected chi connectivity index (χ1v) is 14.3. The molecule has 2 aliphatic rings. The molecule has 7 aromatic rings. The van der Waals surface area contributed by atoms with Crippen molar-refractivity contribution in [3.63, 3.8) is 0 Å². The topological polar surface area (TPSA) is 24.0 Å². The van der Waals surface area contributed by atoms with E-state index in [-0.39, 0.29) is 0 Å². The van der Waals surface area contributed by atoms with Crippen molar-refractivity contribution in [3.8, 4) is 16.8 Å². The highest BCUT2D eigenvalue weighted by Gasteiger charge is 2.36. The zero-order chi connectivity index (χ0) is 26.9. The minimum absolute atomic E-state index is 0.319. The summed E-state index contributed by atoms with van der Waals surface area (Å²) in [6.45, 7) is 0. The van der Waals surface area contributed by atoms with Gasteiger partial charge in [0.25, 0.3) is 0 Å². The van der Waals surface area contributed by atoms with Crippen molar-refractivity contribution >= 4 is 44.1 Å². The fourth-order valence-corrected chi connectivity index (χ4v) is 6.98. The number of aromatic nitrogens is 2. The number of hydrogen-bond donors (Lipinski definition) is 1. The van der Waals surface area contributed by atoms with Crippen molar-refractivity contribution in [1.82, 2.24) is 9.55 Å². The molecule has 2 unspecified atom stereocenters. The number of nitrogens with one attached hydrogen (secondary N) is 1. The van der Waals surface area contributed by atoms with Gasteiger partial charge in [0.15, 0.2) is 0 Å². The Kier molecular flexibility index (Phi) is 4.73. The fourth-order valence-electron chi connectivity index (χ4n) is 6.98. The van der Waals surface area contributed by atoms with Crippen molar-refractivity contribution in [2.75, 3.05) is 4.90 Å². The van der Waals surface area contributed by atoms with Crippen LogP contribution in [0, 0.1) is 0 Å². The third kappa shape index (κ3) is 3.33. The molecular weight excluding hydrogens is 498 g/mol. The molecular formula is C38H27N3.